The molecule has 1 aromatic heterocycles. The summed E-state index contributed by atoms with van der Waals surface area (Å²) in [4.78, 5) is 38.9. The van der Waals surface area contributed by atoms with Gasteiger partial charge in [-0.3, -0.25) is 19.1 Å². The van der Waals surface area contributed by atoms with Gasteiger partial charge in [-0.05, 0) is 19.4 Å². The van der Waals surface area contributed by atoms with Crippen molar-refractivity contribution in [3.63, 3.8) is 0 Å². The van der Waals surface area contributed by atoms with E-state index in [1.54, 1.807) is 13.8 Å². The number of H-pyrrole nitrogens is 1. The highest BCUT2D eigenvalue weighted by molar-refractivity contribution is 5.89. The summed E-state index contributed by atoms with van der Waals surface area (Å²) < 4.78 is 18.9. The van der Waals surface area contributed by atoms with Crippen LogP contribution < -0.4 is 11.2 Å². The van der Waals surface area contributed by atoms with Gasteiger partial charge in [0.15, 0.2) is 11.6 Å². The highest BCUT2D eigenvalue weighted by Gasteiger charge is 2.59. The van der Waals surface area contributed by atoms with Crippen molar-refractivity contribution in [1.82, 2.24) is 9.55 Å². The second kappa shape index (κ2) is 7.12. The summed E-state index contributed by atoms with van der Waals surface area (Å²) >= 11 is 0. The molecule has 2 fully saturated rings. The van der Waals surface area contributed by atoms with E-state index in [2.05, 4.69) is 4.98 Å². The number of Topliss-reactive ketones (excluding diaryl/α,β-unsaturated/α-hetero) is 1. The van der Waals surface area contributed by atoms with Crippen LogP contribution in [0.1, 0.15) is 25.5 Å². The van der Waals surface area contributed by atoms with Gasteiger partial charge < -0.3 is 14.2 Å². The van der Waals surface area contributed by atoms with E-state index in [0.717, 1.165) is 5.56 Å². The van der Waals surface area contributed by atoms with E-state index in [-0.39, 0.29) is 12.4 Å². The van der Waals surface area contributed by atoms with Crippen molar-refractivity contribution in [3.05, 3.63) is 69.0 Å². The molecule has 1 aromatic carbocycles. The molecule has 148 valence electrons. The average molecular weight is 386 g/mol. The Morgan fingerprint density at radius 1 is 1.07 bits per heavy atom. The van der Waals surface area contributed by atoms with Gasteiger partial charge in [0.05, 0.1) is 19.1 Å². The zero-order valence-corrected chi connectivity index (χ0v) is 15.7. The van der Waals surface area contributed by atoms with Gasteiger partial charge in [0, 0.05) is 12.3 Å². The molecular formula is C20H22N2O6. The number of rotatable bonds is 5. The van der Waals surface area contributed by atoms with Crippen molar-refractivity contribution in [3.8, 4) is 0 Å². The Morgan fingerprint density at radius 3 is 2.50 bits per heavy atom. The van der Waals surface area contributed by atoms with Crippen LogP contribution in [-0.4, -0.2) is 39.9 Å². The number of aromatic nitrogens is 2. The van der Waals surface area contributed by atoms with Crippen LogP contribution >= 0.6 is 0 Å². The SMILES string of the molecule is CC1(C)OC2C(COCc3ccccc3)C(=O)C(n3ccc(=O)[nH]c3=O)C2O1. The Balaban J connectivity index is 1.57. The molecule has 2 aromatic rings. The number of nitrogens with zero attached hydrogens (tertiary/aromatic N) is 1. The predicted octanol–water partition coefficient (Wildman–Crippen LogP) is 1.01. The number of ketones is 1. The molecule has 2 aliphatic rings. The number of benzene rings is 1. The lowest BCUT2D eigenvalue weighted by molar-refractivity contribution is -0.168. The number of hydrogen-bond donors (Lipinski definition) is 1. The molecule has 0 spiro atoms. The molecule has 8 nitrogen and oxygen atoms in total. The average Bonchev–Trinajstić information content (AvgIpc) is 3.07. The highest BCUT2D eigenvalue weighted by atomic mass is 16.8. The maximum atomic E-state index is 13.1. The van der Waals surface area contributed by atoms with Crippen LogP contribution in [0.4, 0.5) is 0 Å². The van der Waals surface area contributed by atoms with Gasteiger partial charge in [-0.1, -0.05) is 30.3 Å². The van der Waals surface area contributed by atoms with Crippen LogP contribution in [0.3, 0.4) is 0 Å². The van der Waals surface area contributed by atoms with Gasteiger partial charge in [-0.25, -0.2) is 4.79 Å². The summed E-state index contributed by atoms with van der Waals surface area (Å²) in [5.41, 5.74) is -0.166. The first-order valence-electron chi connectivity index (χ1n) is 9.18. The predicted molar refractivity (Wildman–Crippen MR) is 98.8 cm³/mol. The normalized spacial score (nSPS) is 28.4. The van der Waals surface area contributed by atoms with Crippen molar-refractivity contribution in [2.75, 3.05) is 6.61 Å². The molecule has 1 N–H and O–H groups in total. The third kappa shape index (κ3) is 3.46. The molecule has 4 unspecified atom stereocenters. The third-order valence-electron chi connectivity index (χ3n) is 5.09. The van der Waals surface area contributed by atoms with Crippen LogP contribution in [-0.2, 0) is 25.6 Å². The monoisotopic (exact) mass is 386 g/mol. The molecule has 1 saturated heterocycles. The second-order valence-corrected chi connectivity index (χ2v) is 7.54. The van der Waals surface area contributed by atoms with Crippen LogP contribution in [0.15, 0.2) is 52.2 Å². The second-order valence-electron chi connectivity index (χ2n) is 7.54. The zero-order valence-electron chi connectivity index (χ0n) is 15.7. The zero-order chi connectivity index (χ0) is 19.9. The minimum atomic E-state index is -0.877. The van der Waals surface area contributed by atoms with E-state index in [1.807, 2.05) is 30.3 Å². The van der Waals surface area contributed by atoms with Gasteiger partial charge in [-0.2, -0.15) is 0 Å². The number of carbonyl (C=O) groups excluding carboxylic acids is 1. The number of carbonyl (C=O) groups is 1. The van der Waals surface area contributed by atoms with E-state index in [4.69, 9.17) is 14.2 Å². The molecule has 0 bridgehead atoms. The molecule has 28 heavy (non-hydrogen) atoms. The van der Waals surface area contributed by atoms with Crippen molar-refractivity contribution in [1.29, 1.82) is 0 Å². The molecule has 1 aliphatic heterocycles. The molecule has 4 atom stereocenters. The van der Waals surface area contributed by atoms with Crippen LogP contribution in [0, 0.1) is 5.92 Å². The Labute approximate surface area is 161 Å². The van der Waals surface area contributed by atoms with Gasteiger partial charge in [0.25, 0.3) is 5.56 Å². The summed E-state index contributed by atoms with van der Waals surface area (Å²) in [6.45, 7) is 4.06. The summed E-state index contributed by atoms with van der Waals surface area (Å²) in [6, 6.07) is 9.99. The summed E-state index contributed by atoms with van der Waals surface area (Å²) in [5, 5.41) is 0. The minimum Gasteiger partial charge on any atom is -0.376 e. The smallest absolute Gasteiger partial charge is 0.329 e. The summed E-state index contributed by atoms with van der Waals surface area (Å²) in [5.74, 6) is -1.65. The molecule has 4 rings (SSSR count). The van der Waals surface area contributed by atoms with E-state index in [9.17, 15) is 14.4 Å². The summed E-state index contributed by atoms with van der Waals surface area (Å²) in [7, 11) is 0. The first kappa shape index (κ1) is 18.8. The van der Waals surface area contributed by atoms with Crippen molar-refractivity contribution in [2.24, 2.45) is 5.92 Å². The molecule has 2 heterocycles. The standard InChI is InChI=1S/C20H22N2O6/c1-20(2)27-17-13(11-26-10-12-6-4-3-5-7-12)16(24)15(18(17)28-20)22-9-8-14(23)21-19(22)25/h3-9,13,15,17-18H,10-11H2,1-2H3,(H,21,23,25). The molecule has 8 heteroatoms. The van der Waals surface area contributed by atoms with E-state index < -0.39 is 41.2 Å². The van der Waals surface area contributed by atoms with Crippen molar-refractivity contribution in [2.45, 2.75) is 44.5 Å². The first-order chi connectivity index (χ1) is 13.4. The van der Waals surface area contributed by atoms with Crippen molar-refractivity contribution >= 4 is 5.78 Å². The fourth-order valence-corrected chi connectivity index (χ4v) is 3.91. The first-order valence-corrected chi connectivity index (χ1v) is 9.18. The molecule has 1 saturated carbocycles. The van der Waals surface area contributed by atoms with E-state index >= 15 is 0 Å². The van der Waals surface area contributed by atoms with Crippen molar-refractivity contribution < 1.29 is 19.0 Å². The van der Waals surface area contributed by atoms with Gasteiger partial charge in [-0.15, -0.1) is 0 Å². The Kier molecular flexibility index (Phi) is 4.78. The fourth-order valence-electron chi connectivity index (χ4n) is 3.91. The number of hydrogen-bond acceptors (Lipinski definition) is 6. The fraction of sp³-hybridized carbons (Fsp3) is 0.450. The van der Waals surface area contributed by atoms with Crippen LogP contribution in [0.2, 0.25) is 0 Å². The minimum absolute atomic E-state index is 0.156. The van der Waals surface area contributed by atoms with Crippen LogP contribution in [0.5, 0.6) is 0 Å². The molecule has 1 aliphatic carbocycles. The lowest BCUT2D eigenvalue weighted by atomic mass is 10.1. The lowest BCUT2D eigenvalue weighted by Crippen LogP contribution is -2.39. The molecule has 0 radical (unpaired) electrons. The Bertz CT molecular complexity index is 980. The maximum Gasteiger partial charge on any atom is 0.329 e. The van der Waals surface area contributed by atoms with E-state index in [0.29, 0.717) is 6.61 Å². The number of aromatic amines is 1. The largest absolute Gasteiger partial charge is 0.376 e. The topological polar surface area (TPSA) is 99.6 Å². The van der Waals surface area contributed by atoms with E-state index in [1.165, 1.54) is 16.8 Å². The lowest BCUT2D eigenvalue weighted by Gasteiger charge is -2.23. The highest BCUT2D eigenvalue weighted by Crippen LogP contribution is 2.44. The van der Waals surface area contributed by atoms with Gasteiger partial charge >= 0.3 is 5.69 Å². The Hall–Kier alpha value is -2.55. The summed E-state index contributed by atoms with van der Waals surface area (Å²) in [6.07, 6.45) is 0.168. The number of nitrogens with one attached hydrogen (secondary N) is 1. The Morgan fingerprint density at radius 2 is 1.79 bits per heavy atom. The molecule has 0 amide bonds. The quantitative estimate of drug-likeness (QED) is 0.823. The van der Waals surface area contributed by atoms with Gasteiger partial charge in [0.2, 0.25) is 0 Å². The third-order valence-corrected chi connectivity index (χ3v) is 5.09. The number of ether oxygens (including phenoxy) is 3. The van der Waals surface area contributed by atoms with Gasteiger partial charge in [0.1, 0.15) is 18.2 Å². The maximum absolute atomic E-state index is 13.1. The number of fused-ring (bicyclic) bond motifs is 1. The molecular weight excluding hydrogens is 364 g/mol. The van der Waals surface area contributed by atoms with Crippen LogP contribution in [0.25, 0.3) is 0 Å².